The fraction of sp³-hybridized carbons (Fsp3) is 0.333. The van der Waals surface area contributed by atoms with Crippen LogP contribution in [0, 0.1) is 5.92 Å². The van der Waals surface area contributed by atoms with Crippen molar-refractivity contribution in [3.63, 3.8) is 0 Å². The minimum Gasteiger partial charge on any atom is -0.481 e. The van der Waals surface area contributed by atoms with Crippen LogP contribution in [0.2, 0.25) is 15.1 Å². The highest BCUT2D eigenvalue weighted by molar-refractivity contribution is 6.44. The molecular weight excluding hydrogens is 327 g/mol. The van der Waals surface area contributed by atoms with Crippen LogP contribution in [0.15, 0.2) is 12.1 Å². The van der Waals surface area contributed by atoms with E-state index in [1.165, 1.54) is 31.0 Å². The molecule has 0 aliphatic rings. The Balaban J connectivity index is 2.76. The summed E-state index contributed by atoms with van der Waals surface area (Å²) in [5.74, 6) is -1.65. The van der Waals surface area contributed by atoms with Crippen LogP contribution in [-0.2, 0) is 4.79 Å². The van der Waals surface area contributed by atoms with E-state index in [-0.39, 0.29) is 21.6 Å². The maximum absolute atomic E-state index is 11.9. The fourth-order valence-corrected chi connectivity index (χ4v) is 1.99. The standard InChI is InChI=1S/C12H13Cl3N2O3/c1-6(11(18)19)5-17(2)12(20)16-10-4-8(14)7(13)3-9(10)15/h3-4,6H,5H2,1-2H3,(H,16,20)(H,18,19). The summed E-state index contributed by atoms with van der Waals surface area (Å²) in [6.07, 6.45) is 0. The average molecular weight is 340 g/mol. The number of aliphatic carboxylic acids is 1. The van der Waals surface area contributed by atoms with Crippen molar-refractivity contribution in [3.8, 4) is 0 Å². The number of halogens is 3. The topological polar surface area (TPSA) is 69.6 Å². The van der Waals surface area contributed by atoms with Crippen molar-refractivity contribution < 1.29 is 14.7 Å². The molecule has 0 bridgehead atoms. The predicted molar refractivity (Wildman–Crippen MR) is 79.9 cm³/mol. The van der Waals surface area contributed by atoms with E-state index >= 15 is 0 Å². The van der Waals surface area contributed by atoms with Gasteiger partial charge in [0.1, 0.15) is 0 Å². The molecule has 0 heterocycles. The highest BCUT2D eigenvalue weighted by Gasteiger charge is 2.18. The number of nitrogens with one attached hydrogen (secondary N) is 1. The SMILES string of the molecule is CC(CN(C)C(=O)Nc1cc(Cl)c(Cl)cc1Cl)C(=O)O. The van der Waals surface area contributed by atoms with E-state index in [1.54, 1.807) is 0 Å². The Morgan fingerprint density at radius 2 is 1.80 bits per heavy atom. The molecule has 0 aliphatic carbocycles. The lowest BCUT2D eigenvalue weighted by molar-refractivity contribution is -0.141. The second-order valence-corrected chi connectivity index (χ2v) is 5.52. The Bertz CT molecular complexity index is 537. The second-order valence-electron chi connectivity index (χ2n) is 4.30. The van der Waals surface area contributed by atoms with Gasteiger partial charge in [-0.25, -0.2) is 4.79 Å². The molecule has 0 saturated heterocycles. The van der Waals surface area contributed by atoms with Gasteiger partial charge < -0.3 is 15.3 Å². The molecule has 1 aromatic rings. The van der Waals surface area contributed by atoms with Gasteiger partial charge in [0.25, 0.3) is 0 Å². The zero-order valence-electron chi connectivity index (χ0n) is 10.8. The van der Waals surface area contributed by atoms with Gasteiger partial charge in [0.15, 0.2) is 0 Å². The zero-order chi connectivity index (χ0) is 15.4. The van der Waals surface area contributed by atoms with Crippen molar-refractivity contribution in [2.75, 3.05) is 18.9 Å². The Hall–Kier alpha value is -1.17. The van der Waals surface area contributed by atoms with Crippen molar-refractivity contribution >= 4 is 52.5 Å². The molecule has 1 rings (SSSR count). The number of hydrogen-bond acceptors (Lipinski definition) is 2. The summed E-state index contributed by atoms with van der Waals surface area (Å²) in [6, 6.07) is 2.36. The lowest BCUT2D eigenvalue weighted by atomic mass is 10.2. The van der Waals surface area contributed by atoms with Crippen LogP contribution in [0.1, 0.15) is 6.92 Å². The molecule has 1 atom stereocenters. The van der Waals surface area contributed by atoms with Crippen LogP contribution < -0.4 is 5.32 Å². The number of carboxylic acid groups (broad SMARTS) is 1. The van der Waals surface area contributed by atoms with Crippen molar-refractivity contribution in [3.05, 3.63) is 27.2 Å². The fourth-order valence-electron chi connectivity index (χ4n) is 1.40. The number of urea groups is 1. The lowest BCUT2D eigenvalue weighted by Crippen LogP contribution is -2.36. The molecule has 2 amide bonds. The summed E-state index contributed by atoms with van der Waals surface area (Å²) < 4.78 is 0. The van der Waals surface area contributed by atoms with Crippen LogP contribution in [0.5, 0.6) is 0 Å². The molecule has 1 aromatic carbocycles. The summed E-state index contributed by atoms with van der Waals surface area (Å²) in [4.78, 5) is 23.9. The first-order valence-corrected chi connectivity index (χ1v) is 6.75. The third-order valence-electron chi connectivity index (χ3n) is 2.57. The molecule has 5 nitrogen and oxygen atoms in total. The van der Waals surface area contributed by atoms with Crippen LogP contribution in [0.25, 0.3) is 0 Å². The monoisotopic (exact) mass is 338 g/mol. The van der Waals surface area contributed by atoms with E-state index in [0.29, 0.717) is 5.69 Å². The highest BCUT2D eigenvalue weighted by atomic mass is 35.5. The minimum absolute atomic E-state index is 0.0696. The first-order valence-electron chi connectivity index (χ1n) is 5.61. The van der Waals surface area contributed by atoms with Gasteiger partial charge in [-0.3, -0.25) is 4.79 Å². The lowest BCUT2D eigenvalue weighted by Gasteiger charge is -2.20. The number of rotatable bonds is 4. The van der Waals surface area contributed by atoms with Crippen molar-refractivity contribution in [1.29, 1.82) is 0 Å². The molecule has 0 aromatic heterocycles. The van der Waals surface area contributed by atoms with E-state index in [9.17, 15) is 9.59 Å². The number of hydrogen-bond donors (Lipinski definition) is 2. The van der Waals surface area contributed by atoms with Gasteiger partial charge in [-0.05, 0) is 12.1 Å². The Morgan fingerprint density at radius 1 is 1.25 bits per heavy atom. The first kappa shape index (κ1) is 16.9. The van der Waals surface area contributed by atoms with E-state index < -0.39 is 17.9 Å². The van der Waals surface area contributed by atoms with Gasteiger partial charge in [-0.15, -0.1) is 0 Å². The maximum atomic E-state index is 11.9. The Labute approximate surface area is 131 Å². The van der Waals surface area contributed by atoms with Crippen molar-refractivity contribution in [2.24, 2.45) is 5.92 Å². The number of carbonyl (C=O) groups is 2. The molecule has 110 valence electrons. The molecule has 0 fully saturated rings. The number of amides is 2. The van der Waals surface area contributed by atoms with E-state index in [1.807, 2.05) is 0 Å². The van der Waals surface area contributed by atoms with Gasteiger partial charge in [0, 0.05) is 13.6 Å². The van der Waals surface area contributed by atoms with E-state index in [4.69, 9.17) is 39.9 Å². The van der Waals surface area contributed by atoms with E-state index in [0.717, 1.165) is 0 Å². The number of carboxylic acids is 1. The largest absolute Gasteiger partial charge is 0.481 e. The van der Waals surface area contributed by atoms with Gasteiger partial charge in [0.05, 0.1) is 26.7 Å². The van der Waals surface area contributed by atoms with Gasteiger partial charge >= 0.3 is 12.0 Å². The van der Waals surface area contributed by atoms with Crippen LogP contribution >= 0.6 is 34.8 Å². The normalized spacial score (nSPS) is 11.8. The first-order chi connectivity index (χ1) is 9.22. The Morgan fingerprint density at radius 3 is 2.35 bits per heavy atom. The quantitative estimate of drug-likeness (QED) is 0.819. The molecule has 0 aliphatic heterocycles. The molecule has 0 spiro atoms. The average Bonchev–Trinajstić information content (AvgIpc) is 2.35. The summed E-state index contributed by atoms with van der Waals surface area (Å²) in [5.41, 5.74) is 0.306. The molecule has 20 heavy (non-hydrogen) atoms. The second kappa shape index (κ2) is 7.02. The number of nitrogens with zero attached hydrogens (tertiary/aromatic N) is 1. The minimum atomic E-state index is -0.975. The summed E-state index contributed by atoms with van der Waals surface area (Å²) in [6.45, 7) is 1.58. The number of anilines is 1. The third kappa shape index (κ3) is 4.44. The van der Waals surface area contributed by atoms with Crippen LogP contribution in [-0.4, -0.2) is 35.6 Å². The Kier molecular flexibility index (Phi) is 5.92. The molecule has 1 unspecified atom stereocenters. The van der Waals surface area contributed by atoms with Gasteiger partial charge in [0.2, 0.25) is 0 Å². The highest BCUT2D eigenvalue weighted by Crippen LogP contribution is 2.32. The van der Waals surface area contributed by atoms with Crippen LogP contribution in [0.3, 0.4) is 0 Å². The van der Waals surface area contributed by atoms with E-state index in [2.05, 4.69) is 5.32 Å². The summed E-state index contributed by atoms with van der Waals surface area (Å²) >= 11 is 17.6. The molecular formula is C12H13Cl3N2O3. The van der Waals surface area contributed by atoms with Crippen molar-refractivity contribution in [1.82, 2.24) is 4.90 Å². The zero-order valence-corrected chi connectivity index (χ0v) is 13.1. The number of carbonyl (C=O) groups excluding carboxylic acids is 1. The third-order valence-corrected chi connectivity index (χ3v) is 3.60. The molecule has 0 saturated carbocycles. The molecule has 8 heteroatoms. The van der Waals surface area contributed by atoms with Crippen molar-refractivity contribution in [2.45, 2.75) is 6.92 Å². The van der Waals surface area contributed by atoms with Crippen LogP contribution in [0.4, 0.5) is 10.5 Å². The summed E-state index contributed by atoms with van der Waals surface area (Å²) in [5, 5.41) is 12.1. The molecule has 0 radical (unpaired) electrons. The smallest absolute Gasteiger partial charge is 0.321 e. The summed E-state index contributed by atoms with van der Waals surface area (Å²) in [7, 11) is 1.49. The number of benzene rings is 1. The maximum Gasteiger partial charge on any atom is 0.321 e. The molecule has 2 N–H and O–H groups in total. The van der Waals surface area contributed by atoms with Gasteiger partial charge in [-0.1, -0.05) is 41.7 Å². The van der Waals surface area contributed by atoms with Gasteiger partial charge in [-0.2, -0.15) is 0 Å². The predicted octanol–water partition coefficient (Wildman–Crippen LogP) is 3.83.